The Bertz CT molecular complexity index is 668. The molecule has 4 nitrogen and oxygen atoms in total. The van der Waals surface area contributed by atoms with Gasteiger partial charge in [-0.1, -0.05) is 6.07 Å². The number of carboxylic acid groups (broad SMARTS) is 1. The quantitative estimate of drug-likeness (QED) is 0.918. The summed E-state index contributed by atoms with van der Waals surface area (Å²) >= 11 is 2.55. The second-order valence-electron chi connectivity index (χ2n) is 3.71. The van der Waals surface area contributed by atoms with Crippen molar-refractivity contribution in [2.45, 2.75) is 6.04 Å². The molecule has 0 fully saturated rings. The molecule has 2 heterocycles. The van der Waals surface area contributed by atoms with Crippen molar-refractivity contribution in [2.75, 3.05) is 5.75 Å². The molecule has 7 heteroatoms. The summed E-state index contributed by atoms with van der Waals surface area (Å²) in [5.74, 6) is -0.845. The van der Waals surface area contributed by atoms with Gasteiger partial charge in [-0.25, -0.2) is 14.2 Å². The second-order valence-corrected chi connectivity index (χ2v) is 5.71. The molecule has 2 aromatic rings. The standard InChI is InChI=1S/C11H7FN2O2S2/c12-5-2-1-3-6-8(5)18-10(13-6)9-14-7(4-17-9)11(15)16/h1-3,7H,4H2,(H,15,16). The average molecular weight is 282 g/mol. The number of benzene rings is 1. The summed E-state index contributed by atoms with van der Waals surface area (Å²) in [5, 5.41) is 10.0. The molecule has 1 N–H and O–H groups in total. The number of carbonyl (C=O) groups is 1. The van der Waals surface area contributed by atoms with Crippen molar-refractivity contribution >= 4 is 44.3 Å². The fourth-order valence-corrected chi connectivity index (χ4v) is 3.69. The SMILES string of the molecule is O=C(O)C1CSC(c2nc3cccc(F)c3s2)=N1. The average Bonchev–Trinajstić information content (AvgIpc) is 2.95. The Labute approximate surface area is 110 Å². The zero-order valence-corrected chi connectivity index (χ0v) is 10.6. The Hall–Kier alpha value is -1.47. The summed E-state index contributed by atoms with van der Waals surface area (Å²) in [5.41, 5.74) is 0.581. The van der Waals surface area contributed by atoms with E-state index in [1.54, 1.807) is 12.1 Å². The Morgan fingerprint density at radius 1 is 1.50 bits per heavy atom. The molecule has 92 valence electrons. The Morgan fingerprint density at radius 2 is 2.33 bits per heavy atom. The fraction of sp³-hybridized carbons (Fsp3) is 0.182. The van der Waals surface area contributed by atoms with Crippen LogP contribution in [-0.2, 0) is 4.79 Å². The molecule has 1 aliphatic heterocycles. The van der Waals surface area contributed by atoms with E-state index in [2.05, 4.69) is 9.98 Å². The summed E-state index contributed by atoms with van der Waals surface area (Å²) in [6.45, 7) is 0. The zero-order chi connectivity index (χ0) is 12.7. The lowest BCUT2D eigenvalue weighted by Crippen LogP contribution is -2.17. The van der Waals surface area contributed by atoms with E-state index in [-0.39, 0.29) is 5.82 Å². The van der Waals surface area contributed by atoms with Gasteiger partial charge in [-0.15, -0.1) is 23.1 Å². The van der Waals surface area contributed by atoms with Crippen molar-refractivity contribution in [3.05, 3.63) is 29.0 Å². The summed E-state index contributed by atoms with van der Waals surface area (Å²) in [6, 6.07) is 3.99. The minimum atomic E-state index is -0.940. The van der Waals surface area contributed by atoms with Gasteiger partial charge in [0.1, 0.15) is 15.9 Å². The third-order valence-corrected chi connectivity index (χ3v) is 4.76. The first-order valence-corrected chi connectivity index (χ1v) is 6.94. The first-order chi connectivity index (χ1) is 8.65. The van der Waals surface area contributed by atoms with Gasteiger partial charge in [-0.05, 0) is 12.1 Å². The monoisotopic (exact) mass is 282 g/mol. The molecule has 0 spiro atoms. The Kier molecular flexibility index (Phi) is 2.79. The number of aromatic nitrogens is 1. The summed E-state index contributed by atoms with van der Waals surface area (Å²) in [4.78, 5) is 19.2. The minimum absolute atomic E-state index is 0.311. The van der Waals surface area contributed by atoms with Crippen LogP contribution in [-0.4, -0.2) is 32.9 Å². The molecule has 1 aliphatic rings. The summed E-state index contributed by atoms with van der Waals surface area (Å²) in [7, 11) is 0. The highest BCUT2D eigenvalue weighted by molar-refractivity contribution is 8.15. The predicted octanol–water partition coefficient (Wildman–Crippen LogP) is 2.38. The lowest BCUT2D eigenvalue weighted by atomic mass is 10.3. The molecule has 1 unspecified atom stereocenters. The topological polar surface area (TPSA) is 62.5 Å². The van der Waals surface area contributed by atoms with E-state index in [0.717, 1.165) is 0 Å². The van der Waals surface area contributed by atoms with E-state index in [4.69, 9.17) is 5.11 Å². The molecule has 0 amide bonds. The predicted molar refractivity (Wildman–Crippen MR) is 70.0 cm³/mol. The van der Waals surface area contributed by atoms with Gasteiger partial charge in [-0.2, -0.15) is 0 Å². The second kappa shape index (κ2) is 4.33. The smallest absolute Gasteiger partial charge is 0.329 e. The third kappa shape index (κ3) is 1.89. The highest BCUT2D eigenvalue weighted by atomic mass is 32.2. The molecule has 0 radical (unpaired) electrons. The van der Waals surface area contributed by atoms with Crippen molar-refractivity contribution in [2.24, 2.45) is 4.99 Å². The molecule has 1 aromatic heterocycles. The molecule has 0 aliphatic carbocycles. The van der Waals surface area contributed by atoms with Crippen molar-refractivity contribution in [1.29, 1.82) is 0 Å². The van der Waals surface area contributed by atoms with Crippen LogP contribution in [0.15, 0.2) is 23.2 Å². The number of aliphatic imine (C=N–C) groups is 1. The van der Waals surface area contributed by atoms with Gasteiger partial charge in [0.15, 0.2) is 6.04 Å². The maximum atomic E-state index is 13.5. The number of nitrogens with zero attached hydrogens (tertiary/aromatic N) is 2. The number of aliphatic carboxylic acids is 1. The van der Waals surface area contributed by atoms with Gasteiger partial charge < -0.3 is 5.11 Å². The molecule has 1 atom stereocenters. The Morgan fingerprint density at radius 3 is 3.00 bits per heavy atom. The number of thiazole rings is 1. The largest absolute Gasteiger partial charge is 0.480 e. The van der Waals surface area contributed by atoms with Crippen LogP contribution in [0, 0.1) is 5.82 Å². The van der Waals surface area contributed by atoms with Crippen LogP contribution in [0.3, 0.4) is 0 Å². The lowest BCUT2D eigenvalue weighted by Gasteiger charge is -1.93. The molecular weight excluding hydrogens is 275 g/mol. The molecule has 3 rings (SSSR count). The zero-order valence-electron chi connectivity index (χ0n) is 8.96. The van der Waals surface area contributed by atoms with Crippen LogP contribution in [0.4, 0.5) is 4.39 Å². The first-order valence-electron chi connectivity index (χ1n) is 5.14. The molecular formula is C11H7FN2O2S2. The van der Waals surface area contributed by atoms with Gasteiger partial charge in [0.2, 0.25) is 0 Å². The van der Waals surface area contributed by atoms with Crippen LogP contribution in [0.2, 0.25) is 0 Å². The van der Waals surface area contributed by atoms with E-state index < -0.39 is 12.0 Å². The number of halogens is 1. The normalized spacial score (nSPS) is 19.2. The van der Waals surface area contributed by atoms with E-state index >= 15 is 0 Å². The highest BCUT2D eigenvalue weighted by Crippen LogP contribution is 2.30. The van der Waals surface area contributed by atoms with Crippen LogP contribution in [0.5, 0.6) is 0 Å². The van der Waals surface area contributed by atoms with Crippen molar-refractivity contribution in [1.82, 2.24) is 4.98 Å². The minimum Gasteiger partial charge on any atom is -0.480 e. The maximum Gasteiger partial charge on any atom is 0.329 e. The van der Waals surface area contributed by atoms with Gasteiger partial charge in [0.05, 0.1) is 10.2 Å². The van der Waals surface area contributed by atoms with Crippen LogP contribution in [0.1, 0.15) is 5.01 Å². The molecule has 0 bridgehead atoms. The number of rotatable bonds is 2. The molecule has 18 heavy (non-hydrogen) atoms. The number of hydrogen-bond acceptors (Lipinski definition) is 5. The van der Waals surface area contributed by atoms with Gasteiger partial charge in [0, 0.05) is 5.75 Å². The van der Waals surface area contributed by atoms with E-state index in [9.17, 15) is 9.18 Å². The molecule has 1 aromatic carbocycles. The van der Waals surface area contributed by atoms with Gasteiger partial charge in [0.25, 0.3) is 0 Å². The van der Waals surface area contributed by atoms with Crippen molar-refractivity contribution < 1.29 is 14.3 Å². The fourth-order valence-electron chi connectivity index (χ4n) is 1.62. The van der Waals surface area contributed by atoms with Gasteiger partial charge in [-0.3, -0.25) is 4.99 Å². The van der Waals surface area contributed by atoms with E-state index in [0.29, 0.717) is 26.0 Å². The van der Waals surface area contributed by atoms with Crippen LogP contribution >= 0.6 is 23.1 Å². The Balaban J connectivity index is 2.03. The lowest BCUT2D eigenvalue weighted by molar-refractivity contribution is -0.137. The van der Waals surface area contributed by atoms with Crippen LogP contribution in [0.25, 0.3) is 10.2 Å². The number of fused-ring (bicyclic) bond motifs is 1. The van der Waals surface area contributed by atoms with E-state index in [1.807, 2.05) is 0 Å². The summed E-state index contributed by atoms with van der Waals surface area (Å²) < 4.78 is 14.0. The molecule has 0 saturated heterocycles. The number of thioether (sulfide) groups is 1. The third-order valence-electron chi connectivity index (χ3n) is 2.49. The number of carboxylic acids is 1. The highest BCUT2D eigenvalue weighted by Gasteiger charge is 2.27. The maximum absolute atomic E-state index is 13.5. The number of hydrogen-bond donors (Lipinski definition) is 1. The first kappa shape index (κ1) is 11.6. The van der Waals surface area contributed by atoms with Crippen molar-refractivity contribution in [3.8, 4) is 0 Å². The van der Waals surface area contributed by atoms with Crippen molar-refractivity contribution in [3.63, 3.8) is 0 Å². The summed E-state index contributed by atoms with van der Waals surface area (Å²) in [6.07, 6.45) is 0. The molecule has 0 saturated carbocycles. The van der Waals surface area contributed by atoms with Crippen LogP contribution < -0.4 is 0 Å². The van der Waals surface area contributed by atoms with E-state index in [1.165, 1.54) is 29.2 Å². The van der Waals surface area contributed by atoms with Gasteiger partial charge >= 0.3 is 5.97 Å².